The van der Waals surface area contributed by atoms with Crippen LogP contribution in [0.25, 0.3) is 0 Å². The lowest BCUT2D eigenvalue weighted by Crippen LogP contribution is -2.32. The zero-order valence-corrected chi connectivity index (χ0v) is 20.8. The van der Waals surface area contributed by atoms with Crippen molar-refractivity contribution in [1.82, 2.24) is 5.09 Å². The minimum absolute atomic E-state index is 0.0226. The van der Waals surface area contributed by atoms with Gasteiger partial charge in [0.15, 0.2) is 14.4 Å². The first-order chi connectivity index (χ1) is 14.8. The van der Waals surface area contributed by atoms with Crippen LogP contribution < -0.4 is 30.9 Å². The molecule has 2 aromatic rings. The highest BCUT2D eigenvalue weighted by Crippen LogP contribution is 2.60. The highest BCUT2D eigenvalue weighted by molar-refractivity contribution is 7.88. The van der Waals surface area contributed by atoms with Crippen LogP contribution in [0.2, 0.25) is 0 Å². The number of nitrogens with two attached hydrogens (primary N) is 1. The summed E-state index contributed by atoms with van der Waals surface area (Å²) in [5, 5.41) is 4.43. The van der Waals surface area contributed by atoms with Crippen LogP contribution in [-0.4, -0.2) is 32.5 Å². The standard InChI is InChI=1S/C23H36N2O4P2/c1-5-7-15-25-31(27,23(24)10-6-2)18-30(26,21-13-8-11-19(16-21)28-3)22-14-9-12-20(17-22)29-4/h8-9,11-14,16-17,23H,5-7,10,15,18,24H2,1-4H3,(H,25,27). The third-order valence-corrected chi connectivity index (χ3v) is 13.0. The highest BCUT2D eigenvalue weighted by Gasteiger charge is 2.40. The molecule has 2 aromatic carbocycles. The SMILES string of the molecule is CCCCNP(=O)(CP(=O)(c1cccc(OC)c1)c1cccc(OC)c1)C(N)CCC. The molecule has 0 amide bonds. The first-order valence-electron chi connectivity index (χ1n) is 10.8. The van der Waals surface area contributed by atoms with Crippen molar-refractivity contribution >= 4 is 25.0 Å². The molecule has 0 saturated heterocycles. The largest absolute Gasteiger partial charge is 0.497 e. The van der Waals surface area contributed by atoms with E-state index in [0.717, 1.165) is 19.3 Å². The first kappa shape index (κ1) is 25.7. The van der Waals surface area contributed by atoms with Crippen LogP contribution in [0.5, 0.6) is 11.5 Å². The van der Waals surface area contributed by atoms with Gasteiger partial charge in [0.1, 0.15) is 11.5 Å². The molecule has 6 nitrogen and oxygen atoms in total. The Morgan fingerprint density at radius 3 is 1.94 bits per heavy atom. The number of rotatable bonds is 13. The van der Waals surface area contributed by atoms with Gasteiger partial charge in [-0.2, -0.15) is 0 Å². The average molecular weight is 466 g/mol. The Balaban J connectivity index is 2.61. The van der Waals surface area contributed by atoms with Gasteiger partial charge in [0.2, 0.25) is 0 Å². The molecule has 172 valence electrons. The van der Waals surface area contributed by atoms with Gasteiger partial charge in [-0.15, -0.1) is 0 Å². The Morgan fingerprint density at radius 1 is 0.935 bits per heavy atom. The molecule has 2 atom stereocenters. The molecule has 0 heterocycles. The molecule has 0 aromatic heterocycles. The van der Waals surface area contributed by atoms with Gasteiger partial charge in [-0.05, 0) is 37.1 Å². The van der Waals surface area contributed by atoms with E-state index in [1.165, 1.54) is 0 Å². The molecule has 3 N–H and O–H groups in total. The van der Waals surface area contributed by atoms with Crippen LogP contribution in [0.3, 0.4) is 0 Å². The van der Waals surface area contributed by atoms with E-state index in [-0.39, 0.29) is 5.90 Å². The second-order valence-electron chi connectivity index (χ2n) is 7.70. The lowest BCUT2D eigenvalue weighted by Gasteiger charge is -2.30. The van der Waals surface area contributed by atoms with Crippen molar-refractivity contribution in [2.45, 2.75) is 45.3 Å². The van der Waals surface area contributed by atoms with Gasteiger partial charge in [0.05, 0.1) is 25.9 Å². The molecule has 0 fully saturated rings. The Bertz CT molecular complexity index is 884. The third kappa shape index (κ3) is 6.46. The highest BCUT2D eigenvalue weighted by atomic mass is 31.2. The number of ether oxygens (including phenoxy) is 2. The number of unbranched alkanes of at least 4 members (excludes halogenated alkanes) is 1. The zero-order valence-electron chi connectivity index (χ0n) is 19.0. The van der Waals surface area contributed by atoms with Gasteiger partial charge in [-0.3, -0.25) is 5.09 Å². The fourth-order valence-corrected chi connectivity index (χ4v) is 11.5. The average Bonchev–Trinajstić information content (AvgIpc) is 2.79. The summed E-state index contributed by atoms with van der Waals surface area (Å²) in [5.74, 6) is 0.629. The van der Waals surface area contributed by atoms with Gasteiger partial charge in [0.25, 0.3) is 0 Å². The zero-order chi connectivity index (χ0) is 22.9. The molecule has 0 saturated carbocycles. The maximum absolute atomic E-state index is 14.7. The monoisotopic (exact) mass is 466 g/mol. The van der Waals surface area contributed by atoms with Crippen LogP contribution in [0, 0.1) is 0 Å². The minimum Gasteiger partial charge on any atom is -0.497 e. The molecule has 0 radical (unpaired) electrons. The van der Waals surface area contributed by atoms with E-state index in [1.54, 1.807) is 38.5 Å². The minimum atomic E-state index is -3.32. The lowest BCUT2D eigenvalue weighted by atomic mass is 10.3. The summed E-state index contributed by atoms with van der Waals surface area (Å²) < 4.78 is 39.7. The van der Waals surface area contributed by atoms with Crippen molar-refractivity contribution in [1.29, 1.82) is 0 Å². The normalized spacial score (nSPS) is 14.6. The number of benzene rings is 2. The van der Waals surface area contributed by atoms with Gasteiger partial charge in [-0.1, -0.05) is 51.0 Å². The summed E-state index contributed by atoms with van der Waals surface area (Å²) in [6.07, 6.45) is 3.26. The van der Waals surface area contributed by atoms with Gasteiger partial charge >= 0.3 is 0 Å². The fraction of sp³-hybridized carbons (Fsp3) is 0.478. The van der Waals surface area contributed by atoms with E-state index < -0.39 is 20.2 Å². The van der Waals surface area contributed by atoms with Crippen molar-refractivity contribution in [3.63, 3.8) is 0 Å². The van der Waals surface area contributed by atoms with E-state index in [0.29, 0.717) is 35.1 Å². The summed E-state index contributed by atoms with van der Waals surface area (Å²) in [6.45, 7) is 4.68. The number of hydrogen-bond donors (Lipinski definition) is 2. The molecule has 0 spiro atoms. The van der Waals surface area contributed by atoms with Crippen molar-refractivity contribution in [2.24, 2.45) is 5.73 Å². The van der Waals surface area contributed by atoms with Crippen molar-refractivity contribution in [3.8, 4) is 11.5 Å². The molecule has 2 unspecified atom stereocenters. The Hall–Kier alpha value is -1.58. The van der Waals surface area contributed by atoms with Gasteiger partial charge in [-0.25, -0.2) is 0 Å². The smallest absolute Gasteiger partial charge is 0.171 e. The van der Waals surface area contributed by atoms with E-state index in [4.69, 9.17) is 15.2 Å². The summed E-state index contributed by atoms with van der Waals surface area (Å²) in [6, 6.07) is 14.4. The molecular formula is C23H36N2O4P2. The maximum Gasteiger partial charge on any atom is 0.171 e. The van der Waals surface area contributed by atoms with Crippen molar-refractivity contribution in [3.05, 3.63) is 48.5 Å². The topological polar surface area (TPSA) is 90.7 Å². The quantitative estimate of drug-likeness (QED) is 0.328. The van der Waals surface area contributed by atoms with Gasteiger partial charge in [0, 0.05) is 17.2 Å². The van der Waals surface area contributed by atoms with Crippen LogP contribution in [-0.2, 0) is 9.13 Å². The first-order valence-corrected chi connectivity index (χ1v) is 14.7. The Kier molecular flexibility index (Phi) is 9.84. The second-order valence-corrected chi connectivity index (χ2v) is 13.9. The van der Waals surface area contributed by atoms with E-state index in [1.807, 2.05) is 31.2 Å². The van der Waals surface area contributed by atoms with Crippen LogP contribution in [0.1, 0.15) is 39.5 Å². The van der Waals surface area contributed by atoms with Crippen LogP contribution in [0.15, 0.2) is 48.5 Å². The van der Waals surface area contributed by atoms with E-state index >= 15 is 0 Å². The summed E-state index contributed by atoms with van der Waals surface area (Å²) >= 11 is 0. The molecule has 0 aliphatic heterocycles. The van der Waals surface area contributed by atoms with Gasteiger partial charge < -0.3 is 24.3 Å². The molecule has 31 heavy (non-hydrogen) atoms. The van der Waals surface area contributed by atoms with Crippen molar-refractivity contribution in [2.75, 3.05) is 26.7 Å². The van der Waals surface area contributed by atoms with Crippen LogP contribution >= 0.6 is 14.4 Å². The second kappa shape index (κ2) is 11.9. The lowest BCUT2D eigenvalue weighted by molar-refractivity contribution is 0.415. The predicted molar refractivity (Wildman–Crippen MR) is 131 cm³/mol. The number of nitrogens with one attached hydrogen (secondary N) is 1. The Labute approximate surface area is 186 Å². The molecule has 8 heteroatoms. The molecule has 0 aliphatic rings. The molecule has 0 bridgehead atoms. The number of methoxy groups -OCH3 is 2. The Morgan fingerprint density at radius 2 is 1.48 bits per heavy atom. The molecule has 0 aliphatic carbocycles. The number of hydrogen-bond acceptors (Lipinski definition) is 5. The third-order valence-electron chi connectivity index (χ3n) is 5.38. The molecule has 2 rings (SSSR count). The van der Waals surface area contributed by atoms with Crippen LogP contribution in [0.4, 0.5) is 0 Å². The summed E-state index contributed by atoms with van der Waals surface area (Å²) in [4.78, 5) is 0. The van der Waals surface area contributed by atoms with E-state index in [2.05, 4.69) is 12.0 Å². The molecular weight excluding hydrogens is 430 g/mol. The van der Waals surface area contributed by atoms with E-state index in [9.17, 15) is 9.13 Å². The maximum atomic E-state index is 14.7. The fourth-order valence-electron chi connectivity index (χ4n) is 3.50. The summed E-state index contributed by atoms with van der Waals surface area (Å²) in [7, 11) is -3.34. The summed E-state index contributed by atoms with van der Waals surface area (Å²) in [5.41, 5.74) is 6.42. The predicted octanol–water partition coefficient (Wildman–Crippen LogP) is 4.73. The van der Waals surface area contributed by atoms with Crippen molar-refractivity contribution < 1.29 is 18.6 Å².